The Morgan fingerprint density at radius 2 is 1.95 bits per heavy atom. The first-order chi connectivity index (χ1) is 9.33. The van der Waals surface area contributed by atoms with Gasteiger partial charge in [0.05, 0.1) is 18.9 Å². The smallest absolute Gasteiger partial charge is 0.255 e. The molecule has 0 spiro atoms. The van der Waals surface area contributed by atoms with Crippen LogP contribution in [-0.2, 0) is 17.6 Å². The van der Waals surface area contributed by atoms with Crippen molar-refractivity contribution in [3.05, 3.63) is 16.4 Å². The third-order valence-electron chi connectivity index (χ3n) is 3.73. The van der Waals surface area contributed by atoms with Gasteiger partial charge in [0.15, 0.2) is 0 Å². The van der Waals surface area contributed by atoms with Crippen molar-refractivity contribution in [3.63, 3.8) is 0 Å². The zero-order chi connectivity index (χ0) is 12.8. The second-order valence-electron chi connectivity index (χ2n) is 4.90. The number of halogens is 1. The van der Waals surface area contributed by atoms with E-state index in [9.17, 15) is 0 Å². The maximum atomic E-state index is 6.42. The molecule has 19 heavy (non-hydrogen) atoms. The molecular formula is C12H14ClN5O. The summed E-state index contributed by atoms with van der Waals surface area (Å²) in [5.41, 5.74) is 2.21. The first-order valence-electron chi connectivity index (χ1n) is 6.59. The Morgan fingerprint density at radius 3 is 2.79 bits per heavy atom. The van der Waals surface area contributed by atoms with Gasteiger partial charge in [-0.1, -0.05) is 11.6 Å². The molecule has 6 nitrogen and oxygen atoms in total. The molecule has 3 heterocycles. The molecule has 1 fully saturated rings. The Hall–Kier alpha value is -1.40. The predicted octanol–water partition coefficient (Wildman–Crippen LogP) is 1.10. The van der Waals surface area contributed by atoms with E-state index < -0.39 is 0 Å². The molecule has 2 aromatic rings. The topological polar surface area (TPSA) is 55.5 Å². The van der Waals surface area contributed by atoms with Crippen molar-refractivity contribution in [1.29, 1.82) is 0 Å². The molecule has 1 aliphatic carbocycles. The Labute approximate surface area is 115 Å². The van der Waals surface area contributed by atoms with Gasteiger partial charge >= 0.3 is 0 Å². The van der Waals surface area contributed by atoms with E-state index >= 15 is 0 Å². The van der Waals surface area contributed by atoms with E-state index in [1.807, 2.05) is 0 Å². The highest BCUT2D eigenvalue weighted by Crippen LogP contribution is 2.28. The van der Waals surface area contributed by atoms with Gasteiger partial charge in [-0.25, -0.2) is 4.98 Å². The van der Waals surface area contributed by atoms with Gasteiger partial charge in [-0.2, -0.15) is 9.50 Å². The van der Waals surface area contributed by atoms with E-state index in [2.05, 4.69) is 20.0 Å². The van der Waals surface area contributed by atoms with Gasteiger partial charge in [0.1, 0.15) is 5.15 Å². The Morgan fingerprint density at radius 1 is 1.11 bits per heavy atom. The molecule has 7 heteroatoms. The van der Waals surface area contributed by atoms with Crippen molar-refractivity contribution in [3.8, 4) is 0 Å². The zero-order valence-electron chi connectivity index (χ0n) is 10.5. The number of hydrogen-bond acceptors (Lipinski definition) is 5. The minimum absolute atomic E-state index is 0.604. The van der Waals surface area contributed by atoms with Crippen LogP contribution in [0.4, 0.5) is 5.95 Å². The number of hydrogen-bond donors (Lipinski definition) is 0. The van der Waals surface area contributed by atoms with Crippen molar-refractivity contribution >= 4 is 23.3 Å². The highest BCUT2D eigenvalue weighted by atomic mass is 35.5. The SMILES string of the molecule is Clc1c2c(nc3nc(N4CCOCC4)nn13)CCC2. The number of aryl methyl sites for hydroxylation is 1. The van der Waals surface area contributed by atoms with E-state index in [1.165, 1.54) is 0 Å². The minimum atomic E-state index is 0.604. The van der Waals surface area contributed by atoms with E-state index in [-0.39, 0.29) is 0 Å². The third-order valence-corrected chi connectivity index (χ3v) is 4.12. The molecule has 0 radical (unpaired) electrons. The number of ether oxygens (including phenoxy) is 1. The number of fused-ring (bicyclic) bond motifs is 2. The lowest BCUT2D eigenvalue weighted by Crippen LogP contribution is -2.36. The van der Waals surface area contributed by atoms with Gasteiger partial charge < -0.3 is 9.64 Å². The van der Waals surface area contributed by atoms with Crippen LogP contribution in [0.25, 0.3) is 5.78 Å². The van der Waals surface area contributed by atoms with Gasteiger partial charge in [-0.3, -0.25) is 0 Å². The number of nitrogens with zero attached hydrogens (tertiary/aromatic N) is 5. The Bertz CT molecular complexity index is 635. The summed E-state index contributed by atoms with van der Waals surface area (Å²) in [6, 6.07) is 0. The molecule has 0 atom stereocenters. The average molecular weight is 280 g/mol. The molecule has 0 N–H and O–H groups in total. The van der Waals surface area contributed by atoms with Gasteiger partial charge in [-0.05, 0) is 19.3 Å². The summed E-state index contributed by atoms with van der Waals surface area (Å²) in [4.78, 5) is 11.2. The van der Waals surface area contributed by atoms with E-state index in [0.29, 0.717) is 30.1 Å². The van der Waals surface area contributed by atoms with Crippen LogP contribution in [-0.4, -0.2) is 45.9 Å². The van der Waals surface area contributed by atoms with Crippen molar-refractivity contribution in [2.75, 3.05) is 31.2 Å². The fourth-order valence-corrected chi connectivity index (χ4v) is 3.03. The van der Waals surface area contributed by atoms with Gasteiger partial charge in [0, 0.05) is 18.7 Å². The molecular weight excluding hydrogens is 266 g/mol. The molecule has 2 aliphatic rings. The summed E-state index contributed by atoms with van der Waals surface area (Å²) in [6.45, 7) is 3.06. The maximum absolute atomic E-state index is 6.42. The molecule has 0 aromatic carbocycles. The van der Waals surface area contributed by atoms with Crippen LogP contribution in [0.2, 0.25) is 5.15 Å². The highest BCUT2D eigenvalue weighted by Gasteiger charge is 2.22. The molecule has 1 aliphatic heterocycles. The van der Waals surface area contributed by atoms with Crippen molar-refractivity contribution < 1.29 is 4.74 Å². The van der Waals surface area contributed by atoms with Crippen LogP contribution in [0.5, 0.6) is 0 Å². The third kappa shape index (κ3) is 1.78. The van der Waals surface area contributed by atoms with E-state index in [4.69, 9.17) is 16.3 Å². The Kier molecular flexibility index (Phi) is 2.60. The lowest BCUT2D eigenvalue weighted by atomic mass is 10.3. The molecule has 0 saturated carbocycles. The number of anilines is 1. The molecule has 2 aromatic heterocycles. The van der Waals surface area contributed by atoms with Crippen LogP contribution in [0.3, 0.4) is 0 Å². The Balaban J connectivity index is 1.81. The summed E-state index contributed by atoms with van der Waals surface area (Å²) in [6.07, 6.45) is 3.10. The van der Waals surface area contributed by atoms with Crippen molar-refractivity contribution in [2.45, 2.75) is 19.3 Å². The normalized spacial score (nSPS) is 19.1. The average Bonchev–Trinajstić information content (AvgIpc) is 3.06. The minimum Gasteiger partial charge on any atom is -0.378 e. The first kappa shape index (κ1) is 11.4. The number of morpholine rings is 1. The van der Waals surface area contributed by atoms with Crippen LogP contribution in [0.1, 0.15) is 17.7 Å². The summed E-state index contributed by atoms with van der Waals surface area (Å²) in [5, 5.41) is 5.17. The van der Waals surface area contributed by atoms with Crippen molar-refractivity contribution in [2.24, 2.45) is 0 Å². The van der Waals surface area contributed by atoms with Crippen molar-refractivity contribution in [1.82, 2.24) is 19.6 Å². The summed E-state index contributed by atoms with van der Waals surface area (Å²) in [7, 11) is 0. The second kappa shape index (κ2) is 4.31. The van der Waals surface area contributed by atoms with Crippen LogP contribution in [0.15, 0.2) is 0 Å². The molecule has 4 rings (SSSR count). The largest absolute Gasteiger partial charge is 0.378 e. The van der Waals surface area contributed by atoms with E-state index in [1.54, 1.807) is 4.52 Å². The second-order valence-corrected chi connectivity index (χ2v) is 5.26. The number of aromatic nitrogens is 4. The lowest BCUT2D eigenvalue weighted by molar-refractivity contribution is 0.122. The van der Waals surface area contributed by atoms with E-state index in [0.717, 1.165) is 43.6 Å². The molecule has 0 amide bonds. The first-order valence-corrected chi connectivity index (χ1v) is 6.97. The van der Waals surface area contributed by atoms with Crippen LogP contribution in [0, 0.1) is 0 Å². The molecule has 1 saturated heterocycles. The highest BCUT2D eigenvalue weighted by molar-refractivity contribution is 6.30. The monoisotopic (exact) mass is 279 g/mol. The van der Waals surface area contributed by atoms with Crippen LogP contribution >= 0.6 is 11.6 Å². The van der Waals surface area contributed by atoms with Gasteiger partial charge in [-0.15, -0.1) is 5.10 Å². The molecule has 0 bridgehead atoms. The summed E-state index contributed by atoms with van der Waals surface area (Å²) < 4.78 is 7.00. The van der Waals surface area contributed by atoms with Gasteiger partial charge in [0.25, 0.3) is 5.78 Å². The quantitative estimate of drug-likeness (QED) is 0.732. The summed E-state index contributed by atoms with van der Waals surface area (Å²) in [5.74, 6) is 1.30. The molecule has 0 unspecified atom stereocenters. The molecule has 100 valence electrons. The predicted molar refractivity (Wildman–Crippen MR) is 70.8 cm³/mol. The fraction of sp³-hybridized carbons (Fsp3) is 0.583. The maximum Gasteiger partial charge on any atom is 0.255 e. The number of rotatable bonds is 1. The zero-order valence-corrected chi connectivity index (χ0v) is 11.2. The summed E-state index contributed by atoms with van der Waals surface area (Å²) >= 11 is 6.42. The van der Waals surface area contributed by atoms with Gasteiger partial charge in [0.2, 0.25) is 5.95 Å². The fourth-order valence-electron chi connectivity index (χ4n) is 2.72. The standard InChI is InChI=1S/C12H14ClN5O/c13-10-8-2-1-3-9(8)14-11-15-12(16-18(10)11)17-4-6-19-7-5-17/h1-7H2. The lowest BCUT2D eigenvalue weighted by Gasteiger charge is -2.25. The van der Waals surface area contributed by atoms with Crippen LogP contribution < -0.4 is 4.90 Å².